The van der Waals surface area contributed by atoms with Crippen LogP contribution >= 0.6 is 0 Å². The van der Waals surface area contributed by atoms with Crippen LogP contribution in [0.2, 0.25) is 0 Å². The van der Waals surface area contributed by atoms with E-state index in [-0.39, 0.29) is 12.2 Å². The predicted molar refractivity (Wildman–Crippen MR) is 49.1 cm³/mol. The first-order chi connectivity index (χ1) is 5.75. The molecule has 1 unspecified atom stereocenters. The molecule has 1 aliphatic heterocycles. The van der Waals surface area contributed by atoms with Crippen molar-refractivity contribution in [2.24, 2.45) is 0 Å². The van der Waals surface area contributed by atoms with Crippen molar-refractivity contribution in [3.8, 4) is 0 Å². The summed E-state index contributed by atoms with van der Waals surface area (Å²) < 4.78 is 5.19. The second kappa shape index (κ2) is 4.83. The summed E-state index contributed by atoms with van der Waals surface area (Å²) in [5.74, 6) is 0. The molecule has 0 aliphatic carbocycles. The van der Waals surface area contributed by atoms with Gasteiger partial charge in [-0.2, -0.15) is 0 Å². The molecular weight excluding hydrogens is 152 g/mol. The normalized spacial score (nSPS) is 30.2. The molecule has 1 rings (SSSR count). The molecule has 0 radical (unpaired) electrons. The van der Waals surface area contributed by atoms with Gasteiger partial charge >= 0.3 is 0 Å². The molecule has 1 N–H and O–H groups in total. The Kier molecular flexibility index (Phi) is 4.02. The van der Waals surface area contributed by atoms with Gasteiger partial charge in [0.2, 0.25) is 0 Å². The highest BCUT2D eigenvalue weighted by Crippen LogP contribution is 2.27. The number of unbranched alkanes of at least 4 members (excludes halogenated alkanes) is 3. The number of aliphatic hydroxyl groups is 1. The van der Waals surface area contributed by atoms with E-state index < -0.39 is 0 Å². The maximum atomic E-state index is 9.53. The third kappa shape index (κ3) is 3.11. The van der Waals surface area contributed by atoms with E-state index in [1.165, 1.54) is 19.3 Å². The Morgan fingerprint density at radius 3 is 2.50 bits per heavy atom. The lowest BCUT2D eigenvalue weighted by Gasteiger charge is -2.05. The van der Waals surface area contributed by atoms with E-state index in [4.69, 9.17) is 4.74 Å². The molecule has 72 valence electrons. The second-order valence-corrected chi connectivity index (χ2v) is 3.72. The Morgan fingerprint density at radius 2 is 2.00 bits per heavy atom. The molecule has 1 heterocycles. The van der Waals surface area contributed by atoms with Gasteiger partial charge in [-0.1, -0.05) is 32.6 Å². The highest BCUT2D eigenvalue weighted by molar-refractivity contribution is 4.86. The number of ether oxygens (including phenoxy) is 1. The Bertz CT molecular complexity index is 125. The fraction of sp³-hybridized carbons (Fsp3) is 1.00. The second-order valence-electron chi connectivity index (χ2n) is 3.72. The third-order valence-corrected chi connectivity index (χ3v) is 2.49. The van der Waals surface area contributed by atoms with Crippen LogP contribution in [0.25, 0.3) is 0 Å². The van der Waals surface area contributed by atoms with E-state index >= 15 is 0 Å². The zero-order valence-corrected chi connectivity index (χ0v) is 8.12. The largest absolute Gasteiger partial charge is 0.390 e. The summed E-state index contributed by atoms with van der Waals surface area (Å²) in [7, 11) is 0. The summed E-state index contributed by atoms with van der Waals surface area (Å²) in [6, 6.07) is 0. The molecule has 0 bridgehead atoms. The topological polar surface area (TPSA) is 32.8 Å². The molecule has 0 aromatic rings. The van der Waals surface area contributed by atoms with Crippen molar-refractivity contribution in [3.63, 3.8) is 0 Å². The first-order valence-electron chi connectivity index (χ1n) is 5.09. The average Bonchev–Trinajstić information content (AvgIpc) is 2.76. The lowest BCUT2D eigenvalue weighted by Crippen LogP contribution is -2.15. The number of rotatable bonds is 6. The molecular formula is C10H20O2. The van der Waals surface area contributed by atoms with Gasteiger partial charge in [0, 0.05) is 0 Å². The summed E-state index contributed by atoms with van der Waals surface area (Å²) >= 11 is 0. The van der Waals surface area contributed by atoms with Crippen LogP contribution in [0.15, 0.2) is 0 Å². The molecule has 0 spiro atoms. The molecule has 1 fully saturated rings. The molecule has 1 aliphatic rings. The van der Waals surface area contributed by atoms with E-state index in [1.807, 2.05) is 6.92 Å². The van der Waals surface area contributed by atoms with Crippen LogP contribution in [0.5, 0.6) is 0 Å². The third-order valence-electron chi connectivity index (χ3n) is 2.49. The maximum absolute atomic E-state index is 9.53. The summed E-state index contributed by atoms with van der Waals surface area (Å²) in [5, 5.41) is 9.53. The van der Waals surface area contributed by atoms with E-state index in [0.29, 0.717) is 6.10 Å². The summed E-state index contributed by atoms with van der Waals surface area (Å²) in [5.41, 5.74) is 0. The number of hydrogen-bond acceptors (Lipinski definition) is 2. The zero-order valence-electron chi connectivity index (χ0n) is 8.12. The maximum Gasteiger partial charge on any atom is 0.110 e. The van der Waals surface area contributed by atoms with Gasteiger partial charge in [0.15, 0.2) is 0 Å². The molecule has 2 heteroatoms. The van der Waals surface area contributed by atoms with Crippen LogP contribution in [0.1, 0.15) is 46.0 Å². The first kappa shape index (κ1) is 10.0. The molecule has 2 nitrogen and oxygen atoms in total. The van der Waals surface area contributed by atoms with Gasteiger partial charge in [-0.15, -0.1) is 0 Å². The lowest BCUT2D eigenvalue weighted by atomic mass is 10.1. The molecule has 12 heavy (non-hydrogen) atoms. The van der Waals surface area contributed by atoms with Gasteiger partial charge in [-0.25, -0.2) is 0 Å². The number of aliphatic hydroxyl groups excluding tert-OH is 1. The van der Waals surface area contributed by atoms with Gasteiger partial charge in [-0.3, -0.25) is 0 Å². The minimum absolute atomic E-state index is 0.145. The predicted octanol–water partition coefficient (Wildman–Crippen LogP) is 2.10. The summed E-state index contributed by atoms with van der Waals surface area (Å²) in [6.07, 6.45) is 6.07. The van der Waals surface area contributed by atoms with Gasteiger partial charge in [0.05, 0.1) is 12.2 Å². The van der Waals surface area contributed by atoms with Crippen molar-refractivity contribution in [2.45, 2.75) is 64.3 Å². The molecule has 0 aromatic heterocycles. The highest BCUT2D eigenvalue weighted by atomic mass is 16.6. The van der Waals surface area contributed by atoms with E-state index in [1.54, 1.807) is 0 Å². The van der Waals surface area contributed by atoms with Crippen LogP contribution in [-0.2, 0) is 4.74 Å². The molecule has 0 amide bonds. The Balaban J connectivity index is 1.92. The Hall–Kier alpha value is -0.0800. The van der Waals surface area contributed by atoms with Gasteiger partial charge in [0.1, 0.15) is 6.10 Å². The van der Waals surface area contributed by atoms with Crippen LogP contribution in [0, 0.1) is 0 Å². The van der Waals surface area contributed by atoms with Crippen molar-refractivity contribution in [1.82, 2.24) is 0 Å². The fourth-order valence-electron chi connectivity index (χ4n) is 1.55. The number of hydrogen-bond donors (Lipinski definition) is 1. The van der Waals surface area contributed by atoms with Crippen LogP contribution in [-0.4, -0.2) is 23.4 Å². The lowest BCUT2D eigenvalue weighted by molar-refractivity contribution is 0.123. The first-order valence-corrected chi connectivity index (χ1v) is 5.09. The standard InChI is InChI=1S/C10H20O2/c1-3-4-5-6-7-9(11)10-8(2)12-10/h8-11H,3-7H2,1-2H3/t8-,9?,10-/m0/s1. The van der Waals surface area contributed by atoms with Crippen LogP contribution in [0.3, 0.4) is 0 Å². The van der Waals surface area contributed by atoms with Crippen LogP contribution in [0.4, 0.5) is 0 Å². The fourth-order valence-corrected chi connectivity index (χ4v) is 1.55. The van der Waals surface area contributed by atoms with E-state index in [9.17, 15) is 5.11 Å². The zero-order chi connectivity index (χ0) is 8.97. The summed E-state index contributed by atoms with van der Waals surface area (Å²) in [6.45, 7) is 4.21. The van der Waals surface area contributed by atoms with Crippen molar-refractivity contribution in [1.29, 1.82) is 0 Å². The van der Waals surface area contributed by atoms with E-state index in [0.717, 1.165) is 12.8 Å². The average molecular weight is 172 g/mol. The van der Waals surface area contributed by atoms with Gasteiger partial charge in [0.25, 0.3) is 0 Å². The SMILES string of the molecule is CCCCCCC(O)[C@H]1O[C@H]1C. The van der Waals surface area contributed by atoms with Crippen molar-refractivity contribution in [2.75, 3.05) is 0 Å². The minimum Gasteiger partial charge on any atom is -0.390 e. The smallest absolute Gasteiger partial charge is 0.110 e. The van der Waals surface area contributed by atoms with Crippen molar-refractivity contribution >= 4 is 0 Å². The van der Waals surface area contributed by atoms with Crippen molar-refractivity contribution in [3.05, 3.63) is 0 Å². The Morgan fingerprint density at radius 1 is 1.33 bits per heavy atom. The summed E-state index contributed by atoms with van der Waals surface area (Å²) in [4.78, 5) is 0. The van der Waals surface area contributed by atoms with Crippen molar-refractivity contribution < 1.29 is 9.84 Å². The highest BCUT2D eigenvalue weighted by Gasteiger charge is 2.39. The van der Waals surface area contributed by atoms with Gasteiger partial charge in [-0.05, 0) is 13.3 Å². The molecule has 0 saturated carbocycles. The Labute approximate surface area is 74.9 Å². The van der Waals surface area contributed by atoms with Crippen LogP contribution < -0.4 is 0 Å². The quantitative estimate of drug-likeness (QED) is 0.491. The molecule has 0 aromatic carbocycles. The number of epoxide rings is 1. The molecule has 3 atom stereocenters. The minimum atomic E-state index is -0.211. The van der Waals surface area contributed by atoms with Gasteiger partial charge < -0.3 is 9.84 Å². The monoisotopic (exact) mass is 172 g/mol. The van der Waals surface area contributed by atoms with E-state index in [2.05, 4.69) is 6.92 Å². The molecule has 1 saturated heterocycles.